The van der Waals surface area contributed by atoms with Gasteiger partial charge in [-0.25, -0.2) is 0 Å². The summed E-state index contributed by atoms with van der Waals surface area (Å²) in [7, 11) is 0. The summed E-state index contributed by atoms with van der Waals surface area (Å²) in [6, 6.07) is 7.46. The fourth-order valence-corrected chi connectivity index (χ4v) is 2.93. The van der Waals surface area contributed by atoms with Gasteiger partial charge in [-0.3, -0.25) is 0 Å². The van der Waals surface area contributed by atoms with Crippen molar-refractivity contribution in [2.45, 2.75) is 53.0 Å². The Morgan fingerprint density at radius 2 is 1.94 bits per heavy atom. The zero-order valence-electron chi connectivity index (χ0n) is 11.8. The molecule has 2 unspecified atom stereocenters. The van der Waals surface area contributed by atoms with Crippen LogP contribution in [0, 0.1) is 12.3 Å². The van der Waals surface area contributed by atoms with Gasteiger partial charge in [0.25, 0.3) is 0 Å². The highest BCUT2D eigenvalue weighted by Crippen LogP contribution is 2.41. The Morgan fingerprint density at radius 3 is 2.53 bits per heavy atom. The van der Waals surface area contributed by atoms with Gasteiger partial charge in [0, 0.05) is 12.6 Å². The molecule has 0 amide bonds. The predicted octanol–water partition coefficient (Wildman–Crippen LogP) is 4.18. The molecule has 94 valence electrons. The van der Waals surface area contributed by atoms with Crippen LogP contribution in [0.15, 0.2) is 18.2 Å². The van der Waals surface area contributed by atoms with Crippen molar-refractivity contribution in [3.05, 3.63) is 34.9 Å². The van der Waals surface area contributed by atoms with Gasteiger partial charge in [-0.05, 0) is 35.8 Å². The minimum atomic E-state index is 0.279. The molecule has 0 aromatic heterocycles. The quantitative estimate of drug-likeness (QED) is 0.764. The molecule has 1 aliphatic rings. The maximum absolute atomic E-state index is 3.74. The van der Waals surface area contributed by atoms with Crippen LogP contribution >= 0.6 is 0 Å². The van der Waals surface area contributed by atoms with Crippen molar-refractivity contribution in [2.24, 2.45) is 5.41 Å². The molecule has 1 heterocycles. The van der Waals surface area contributed by atoms with E-state index in [0.717, 1.165) is 6.54 Å². The molecular formula is C16H25N. The van der Waals surface area contributed by atoms with Crippen molar-refractivity contribution < 1.29 is 0 Å². The minimum Gasteiger partial charge on any atom is -0.309 e. The van der Waals surface area contributed by atoms with E-state index in [1.807, 2.05) is 0 Å². The average molecular weight is 231 g/mol. The van der Waals surface area contributed by atoms with Crippen LogP contribution in [0.4, 0.5) is 0 Å². The topological polar surface area (TPSA) is 12.0 Å². The predicted molar refractivity (Wildman–Crippen MR) is 74.4 cm³/mol. The summed E-state index contributed by atoms with van der Waals surface area (Å²) in [5.74, 6) is 0.684. The SMILES string of the molecule is CCC1CNC(C(C)(C)C)c2cc(C)ccc21. The number of benzene rings is 1. The molecule has 0 radical (unpaired) electrons. The van der Waals surface area contributed by atoms with Crippen LogP contribution in [0.1, 0.15) is 62.8 Å². The second-order valence-corrected chi connectivity index (χ2v) is 6.44. The van der Waals surface area contributed by atoms with Gasteiger partial charge in [0.2, 0.25) is 0 Å². The molecule has 1 heteroatoms. The summed E-state index contributed by atoms with van der Waals surface area (Å²) in [6.07, 6.45) is 1.22. The van der Waals surface area contributed by atoms with E-state index in [1.165, 1.54) is 17.5 Å². The fourth-order valence-electron chi connectivity index (χ4n) is 2.93. The number of nitrogens with one attached hydrogen (secondary N) is 1. The molecule has 2 rings (SSSR count). The van der Waals surface area contributed by atoms with E-state index in [4.69, 9.17) is 0 Å². The van der Waals surface area contributed by atoms with Crippen molar-refractivity contribution in [2.75, 3.05) is 6.54 Å². The maximum atomic E-state index is 3.74. The standard InChI is InChI=1S/C16H25N/c1-6-12-10-17-15(16(3,4)5)14-9-11(2)7-8-13(12)14/h7-9,12,15,17H,6,10H2,1-5H3. The average Bonchev–Trinajstić information content (AvgIpc) is 2.25. The van der Waals surface area contributed by atoms with Crippen molar-refractivity contribution in [3.8, 4) is 0 Å². The number of aryl methyl sites for hydroxylation is 1. The van der Waals surface area contributed by atoms with Crippen molar-refractivity contribution in [1.82, 2.24) is 5.32 Å². The number of fused-ring (bicyclic) bond motifs is 1. The summed E-state index contributed by atoms with van der Waals surface area (Å²) in [5, 5.41) is 3.74. The van der Waals surface area contributed by atoms with E-state index in [9.17, 15) is 0 Å². The van der Waals surface area contributed by atoms with E-state index < -0.39 is 0 Å². The minimum absolute atomic E-state index is 0.279. The lowest BCUT2D eigenvalue weighted by atomic mass is 9.75. The lowest BCUT2D eigenvalue weighted by Gasteiger charge is -2.40. The summed E-state index contributed by atoms with van der Waals surface area (Å²) >= 11 is 0. The molecular weight excluding hydrogens is 206 g/mol. The first-order valence-corrected chi connectivity index (χ1v) is 6.77. The molecule has 0 spiro atoms. The molecule has 1 aromatic rings. The molecule has 0 saturated carbocycles. The fraction of sp³-hybridized carbons (Fsp3) is 0.625. The first-order valence-electron chi connectivity index (χ1n) is 6.77. The van der Waals surface area contributed by atoms with Crippen LogP contribution < -0.4 is 5.32 Å². The summed E-state index contributed by atoms with van der Waals surface area (Å²) in [5.41, 5.74) is 4.74. The van der Waals surface area contributed by atoms with Gasteiger partial charge in [0.1, 0.15) is 0 Å². The lowest BCUT2D eigenvalue weighted by Crippen LogP contribution is -2.39. The van der Waals surface area contributed by atoms with Crippen LogP contribution in [0.25, 0.3) is 0 Å². The van der Waals surface area contributed by atoms with Gasteiger partial charge < -0.3 is 5.32 Å². The van der Waals surface area contributed by atoms with E-state index in [1.54, 1.807) is 5.56 Å². The van der Waals surface area contributed by atoms with Crippen LogP contribution in [-0.2, 0) is 0 Å². The molecule has 0 fully saturated rings. The molecule has 17 heavy (non-hydrogen) atoms. The first kappa shape index (κ1) is 12.6. The highest BCUT2D eigenvalue weighted by molar-refractivity contribution is 5.39. The van der Waals surface area contributed by atoms with Gasteiger partial charge in [-0.15, -0.1) is 0 Å². The normalized spacial score (nSPS) is 24.5. The Kier molecular flexibility index (Phi) is 3.31. The van der Waals surface area contributed by atoms with E-state index in [2.05, 4.69) is 58.1 Å². The van der Waals surface area contributed by atoms with Crippen LogP contribution in [0.3, 0.4) is 0 Å². The molecule has 0 saturated heterocycles. The molecule has 1 aromatic carbocycles. The number of rotatable bonds is 1. The van der Waals surface area contributed by atoms with Gasteiger partial charge in [0.15, 0.2) is 0 Å². The van der Waals surface area contributed by atoms with Gasteiger partial charge in [-0.2, -0.15) is 0 Å². The zero-order valence-corrected chi connectivity index (χ0v) is 11.8. The van der Waals surface area contributed by atoms with Crippen molar-refractivity contribution in [1.29, 1.82) is 0 Å². The van der Waals surface area contributed by atoms with Gasteiger partial charge in [0.05, 0.1) is 0 Å². The number of hydrogen-bond acceptors (Lipinski definition) is 1. The third kappa shape index (κ3) is 2.40. The molecule has 0 aliphatic carbocycles. The Hall–Kier alpha value is -0.820. The molecule has 1 N–H and O–H groups in total. The van der Waals surface area contributed by atoms with Crippen LogP contribution in [0.5, 0.6) is 0 Å². The smallest absolute Gasteiger partial charge is 0.0372 e. The third-order valence-corrected chi connectivity index (χ3v) is 3.92. The molecule has 2 atom stereocenters. The summed E-state index contributed by atoms with van der Waals surface area (Å²) in [4.78, 5) is 0. The second kappa shape index (κ2) is 4.45. The van der Waals surface area contributed by atoms with E-state index in [-0.39, 0.29) is 5.41 Å². The van der Waals surface area contributed by atoms with Crippen molar-refractivity contribution >= 4 is 0 Å². The maximum Gasteiger partial charge on any atom is 0.0372 e. The highest BCUT2D eigenvalue weighted by atomic mass is 14.9. The zero-order chi connectivity index (χ0) is 12.6. The Bertz CT molecular complexity index is 400. The van der Waals surface area contributed by atoms with E-state index >= 15 is 0 Å². The van der Waals surface area contributed by atoms with E-state index in [0.29, 0.717) is 12.0 Å². The molecule has 1 nitrogen and oxygen atoms in total. The highest BCUT2D eigenvalue weighted by Gasteiger charge is 2.33. The summed E-state index contributed by atoms with van der Waals surface area (Å²) in [6.45, 7) is 12.6. The molecule has 0 bridgehead atoms. The lowest BCUT2D eigenvalue weighted by molar-refractivity contribution is 0.252. The van der Waals surface area contributed by atoms with Crippen molar-refractivity contribution in [3.63, 3.8) is 0 Å². The largest absolute Gasteiger partial charge is 0.309 e. The monoisotopic (exact) mass is 231 g/mol. The Labute approximate surface area is 106 Å². The van der Waals surface area contributed by atoms with Crippen LogP contribution in [0.2, 0.25) is 0 Å². The van der Waals surface area contributed by atoms with Gasteiger partial charge >= 0.3 is 0 Å². The first-order chi connectivity index (χ1) is 7.93. The molecule has 1 aliphatic heterocycles. The van der Waals surface area contributed by atoms with Gasteiger partial charge in [-0.1, -0.05) is 51.5 Å². The number of hydrogen-bond donors (Lipinski definition) is 1. The Balaban J connectivity index is 2.48. The summed E-state index contributed by atoms with van der Waals surface area (Å²) < 4.78 is 0. The Morgan fingerprint density at radius 1 is 1.24 bits per heavy atom. The third-order valence-electron chi connectivity index (χ3n) is 3.92. The van der Waals surface area contributed by atoms with Crippen LogP contribution in [-0.4, -0.2) is 6.54 Å². The second-order valence-electron chi connectivity index (χ2n) is 6.44.